The molecule has 1 aromatic carbocycles. The Bertz CT molecular complexity index is 777. The Hall–Kier alpha value is -2.43. The van der Waals surface area contributed by atoms with Crippen molar-refractivity contribution in [3.63, 3.8) is 0 Å². The monoisotopic (exact) mass is 265 g/mol. The van der Waals surface area contributed by atoms with Crippen molar-refractivity contribution >= 4 is 16.9 Å². The molecule has 5 nitrogen and oxygen atoms in total. The SMILES string of the molecule is Cn1ncc2c(N[C@H]3CCc4ccccc43)ncnc21. The van der Waals surface area contributed by atoms with E-state index in [0.29, 0.717) is 6.04 Å². The van der Waals surface area contributed by atoms with Gasteiger partial charge in [0.15, 0.2) is 5.65 Å². The number of fused-ring (bicyclic) bond motifs is 2. The van der Waals surface area contributed by atoms with Crippen LogP contribution in [0.25, 0.3) is 11.0 Å². The van der Waals surface area contributed by atoms with Crippen LogP contribution in [0.4, 0.5) is 5.82 Å². The number of hydrogen-bond donors (Lipinski definition) is 1. The van der Waals surface area contributed by atoms with E-state index in [1.807, 2.05) is 13.2 Å². The molecule has 1 aliphatic rings. The van der Waals surface area contributed by atoms with E-state index in [4.69, 9.17) is 0 Å². The van der Waals surface area contributed by atoms with E-state index in [1.54, 1.807) is 11.0 Å². The lowest BCUT2D eigenvalue weighted by atomic mass is 10.1. The van der Waals surface area contributed by atoms with E-state index >= 15 is 0 Å². The Labute approximate surface area is 116 Å². The lowest BCUT2D eigenvalue weighted by molar-refractivity contribution is 0.757. The highest BCUT2D eigenvalue weighted by Gasteiger charge is 2.22. The number of nitrogens with zero attached hydrogens (tertiary/aromatic N) is 4. The van der Waals surface area contributed by atoms with Gasteiger partial charge in [-0.25, -0.2) is 9.97 Å². The maximum Gasteiger partial charge on any atom is 0.163 e. The van der Waals surface area contributed by atoms with Crippen molar-refractivity contribution in [3.8, 4) is 0 Å². The second kappa shape index (κ2) is 4.30. The molecule has 20 heavy (non-hydrogen) atoms. The average molecular weight is 265 g/mol. The molecule has 0 amide bonds. The molecule has 0 spiro atoms. The molecule has 2 aromatic heterocycles. The first-order chi connectivity index (χ1) is 9.83. The molecule has 0 unspecified atom stereocenters. The molecule has 2 heterocycles. The van der Waals surface area contributed by atoms with Crippen LogP contribution in [0.15, 0.2) is 36.8 Å². The lowest BCUT2D eigenvalue weighted by Gasteiger charge is -2.15. The highest BCUT2D eigenvalue weighted by Crippen LogP contribution is 2.34. The molecule has 1 aliphatic carbocycles. The van der Waals surface area contributed by atoms with E-state index in [0.717, 1.165) is 29.7 Å². The molecule has 0 fully saturated rings. The van der Waals surface area contributed by atoms with E-state index in [-0.39, 0.29) is 0 Å². The number of hydrogen-bond acceptors (Lipinski definition) is 4. The predicted molar refractivity (Wildman–Crippen MR) is 77.4 cm³/mol. The third-order valence-corrected chi connectivity index (χ3v) is 3.97. The summed E-state index contributed by atoms with van der Waals surface area (Å²) in [6.07, 6.45) is 5.63. The van der Waals surface area contributed by atoms with Gasteiger partial charge in [-0.3, -0.25) is 4.68 Å². The first-order valence-electron chi connectivity index (χ1n) is 6.80. The van der Waals surface area contributed by atoms with Gasteiger partial charge in [-0.05, 0) is 24.0 Å². The summed E-state index contributed by atoms with van der Waals surface area (Å²) in [5.41, 5.74) is 3.67. The van der Waals surface area contributed by atoms with Gasteiger partial charge in [-0.1, -0.05) is 24.3 Å². The Morgan fingerprint density at radius 1 is 1.25 bits per heavy atom. The molecule has 0 radical (unpaired) electrons. The van der Waals surface area contributed by atoms with Crippen LogP contribution in [0.2, 0.25) is 0 Å². The van der Waals surface area contributed by atoms with Gasteiger partial charge in [-0.2, -0.15) is 5.10 Å². The van der Waals surface area contributed by atoms with Crippen LogP contribution in [-0.4, -0.2) is 19.7 Å². The summed E-state index contributed by atoms with van der Waals surface area (Å²) in [7, 11) is 1.89. The first kappa shape index (κ1) is 11.4. The lowest BCUT2D eigenvalue weighted by Crippen LogP contribution is -2.09. The zero-order valence-electron chi connectivity index (χ0n) is 11.2. The molecule has 4 rings (SSSR count). The molecule has 100 valence electrons. The molecule has 5 heteroatoms. The van der Waals surface area contributed by atoms with E-state index in [2.05, 4.69) is 44.6 Å². The quantitative estimate of drug-likeness (QED) is 0.773. The van der Waals surface area contributed by atoms with Crippen molar-refractivity contribution in [2.45, 2.75) is 18.9 Å². The number of benzene rings is 1. The number of nitrogens with one attached hydrogen (secondary N) is 1. The van der Waals surface area contributed by atoms with Crippen molar-refractivity contribution in [1.29, 1.82) is 0 Å². The maximum atomic E-state index is 4.38. The van der Waals surface area contributed by atoms with Gasteiger partial charge < -0.3 is 5.32 Å². The van der Waals surface area contributed by atoms with Gasteiger partial charge in [0.1, 0.15) is 12.1 Å². The molecule has 1 atom stereocenters. The second-order valence-corrected chi connectivity index (χ2v) is 5.16. The third kappa shape index (κ3) is 1.66. The highest BCUT2D eigenvalue weighted by molar-refractivity contribution is 5.86. The minimum absolute atomic E-state index is 0.324. The molecule has 0 saturated heterocycles. The largest absolute Gasteiger partial charge is 0.363 e. The predicted octanol–water partition coefficient (Wildman–Crippen LogP) is 2.46. The van der Waals surface area contributed by atoms with Crippen LogP contribution in [0.1, 0.15) is 23.6 Å². The Balaban J connectivity index is 1.72. The van der Waals surface area contributed by atoms with E-state index in [9.17, 15) is 0 Å². The molecular weight excluding hydrogens is 250 g/mol. The summed E-state index contributed by atoms with van der Waals surface area (Å²) in [6, 6.07) is 8.92. The van der Waals surface area contributed by atoms with Crippen LogP contribution < -0.4 is 5.32 Å². The number of aromatic nitrogens is 4. The van der Waals surface area contributed by atoms with E-state index < -0.39 is 0 Å². The number of aryl methyl sites for hydroxylation is 2. The number of anilines is 1. The van der Waals surface area contributed by atoms with Gasteiger partial charge in [0, 0.05) is 7.05 Å². The van der Waals surface area contributed by atoms with Gasteiger partial charge in [-0.15, -0.1) is 0 Å². The van der Waals surface area contributed by atoms with Crippen molar-refractivity contribution in [3.05, 3.63) is 47.9 Å². The summed E-state index contributed by atoms with van der Waals surface area (Å²) in [5, 5.41) is 8.77. The fourth-order valence-corrected chi connectivity index (χ4v) is 2.95. The van der Waals surface area contributed by atoms with Crippen molar-refractivity contribution in [2.24, 2.45) is 7.05 Å². The van der Waals surface area contributed by atoms with Gasteiger partial charge >= 0.3 is 0 Å². The normalized spacial score (nSPS) is 17.4. The van der Waals surface area contributed by atoms with E-state index in [1.165, 1.54) is 11.1 Å². The van der Waals surface area contributed by atoms with Crippen molar-refractivity contribution in [2.75, 3.05) is 5.32 Å². The Kier molecular flexibility index (Phi) is 2.45. The molecule has 0 bridgehead atoms. The van der Waals surface area contributed by atoms with Crippen molar-refractivity contribution in [1.82, 2.24) is 19.7 Å². The fraction of sp³-hybridized carbons (Fsp3) is 0.267. The molecular formula is C15H15N5. The summed E-state index contributed by atoms with van der Waals surface area (Å²) >= 11 is 0. The second-order valence-electron chi connectivity index (χ2n) is 5.16. The molecule has 0 saturated carbocycles. The summed E-state index contributed by atoms with van der Waals surface area (Å²) in [4.78, 5) is 8.65. The van der Waals surface area contributed by atoms with Gasteiger partial charge in [0.05, 0.1) is 17.6 Å². The minimum atomic E-state index is 0.324. The zero-order valence-corrected chi connectivity index (χ0v) is 11.2. The topological polar surface area (TPSA) is 55.6 Å². The van der Waals surface area contributed by atoms with Crippen molar-refractivity contribution < 1.29 is 0 Å². The molecule has 1 N–H and O–H groups in total. The third-order valence-electron chi connectivity index (χ3n) is 3.97. The standard InChI is InChI=1S/C15H15N5/c1-20-15-12(8-18-20)14(16-9-17-15)19-13-7-6-10-4-2-3-5-11(10)13/h2-5,8-9,13H,6-7H2,1H3,(H,16,17,19)/t13-/m0/s1. The van der Waals surface area contributed by atoms with Gasteiger partial charge in [0.2, 0.25) is 0 Å². The highest BCUT2D eigenvalue weighted by atomic mass is 15.3. The van der Waals surface area contributed by atoms with Crippen LogP contribution in [0.3, 0.4) is 0 Å². The van der Waals surface area contributed by atoms with Crippen LogP contribution in [0, 0.1) is 0 Å². The summed E-state index contributed by atoms with van der Waals surface area (Å²) < 4.78 is 1.77. The van der Waals surface area contributed by atoms with Crippen LogP contribution in [-0.2, 0) is 13.5 Å². The van der Waals surface area contributed by atoms with Crippen LogP contribution in [0.5, 0.6) is 0 Å². The Morgan fingerprint density at radius 2 is 2.15 bits per heavy atom. The minimum Gasteiger partial charge on any atom is -0.363 e. The molecule has 3 aromatic rings. The zero-order chi connectivity index (χ0) is 13.5. The smallest absolute Gasteiger partial charge is 0.163 e. The number of rotatable bonds is 2. The Morgan fingerprint density at radius 3 is 3.10 bits per heavy atom. The average Bonchev–Trinajstić information content (AvgIpc) is 3.05. The van der Waals surface area contributed by atoms with Gasteiger partial charge in [0.25, 0.3) is 0 Å². The summed E-state index contributed by atoms with van der Waals surface area (Å²) in [5.74, 6) is 0.866. The molecule has 0 aliphatic heterocycles. The first-order valence-corrected chi connectivity index (χ1v) is 6.80. The maximum absolute atomic E-state index is 4.38. The summed E-state index contributed by atoms with van der Waals surface area (Å²) in [6.45, 7) is 0. The fourth-order valence-electron chi connectivity index (χ4n) is 2.95. The van der Waals surface area contributed by atoms with Crippen LogP contribution >= 0.6 is 0 Å².